The van der Waals surface area contributed by atoms with Crippen molar-refractivity contribution in [1.29, 1.82) is 5.26 Å². The SMILES string of the molecule is C=CCc1ccccc1OCc1cc(-c2nc(N)nc(N)c2C#N)ccc1OC. The van der Waals surface area contributed by atoms with Gasteiger partial charge in [-0.15, -0.1) is 6.58 Å². The van der Waals surface area contributed by atoms with E-state index in [1.165, 1.54) is 0 Å². The van der Waals surface area contributed by atoms with Gasteiger partial charge in [0.25, 0.3) is 0 Å². The third-order valence-corrected chi connectivity index (χ3v) is 4.34. The predicted molar refractivity (Wildman–Crippen MR) is 112 cm³/mol. The molecule has 0 saturated carbocycles. The monoisotopic (exact) mass is 387 g/mol. The molecular weight excluding hydrogens is 366 g/mol. The number of methoxy groups -OCH3 is 1. The van der Waals surface area contributed by atoms with Crippen molar-refractivity contribution >= 4 is 11.8 Å². The highest BCUT2D eigenvalue weighted by Crippen LogP contribution is 2.31. The second-order valence-corrected chi connectivity index (χ2v) is 6.22. The number of aromatic nitrogens is 2. The van der Waals surface area contributed by atoms with Crippen molar-refractivity contribution in [3.8, 4) is 28.8 Å². The summed E-state index contributed by atoms with van der Waals surface area (Å²) in [6.45, 7) is 4.05. The van der Waals surface area contributed by atoms with Crippen molar-refractivity contribution in [3.05, 3.63) is 71.8 Å². The van der Waals surface area contributed by atoms with Gasteiger partial charge in [0, 0.05) is 11.1 Å². The molecule has 0 aliphatic rings. The number of hydrogen-bond acceptors (Lipinski definition) is 7. The molecule has 0 unspecified atom stereocenters. The lowest BCUT2D eigenvalue weighted by Crippen LogP contribution is -2.06. The Bertz CT molecular complexity index is 1090. The summed E-state index contributed by atoms with van der Waals surface area (Å²) in [4.78, 5) is 8.05. The number of nitriles is 1. The Morgan fingerprint density at radius 2 is 1.90 bits per heavy atom. The van der Waals surface area contributed by atoms with E-state index in [4.69, 9.17) is 20.9 Å². The molecule has 146 valence electrons. The first kappa shape index (κ1) is 19.7. The Hall–Kier alpha value is -4.05. The fraction of sp³-hybridized carbons (Fsp3) is 0.136. The second-order valence-electron chi connectivity index (χ2n) is 6.22. The van der Waals surface area contributed by atoms with E-state index in [0.717, 1.165) is 16.9 Å². The standard InChI is InChI=1S/C22H21N5O2/c1-3-6-14-7-4-5-8-19(14)29-13-16-11-15(9-10-18(16)28-2)20-17(12-23)21(24)27-22(25)26-20/h3-5,7-11H,1,6,13H2,2H3,(H4,24,25,26,27). The van der Waals surface area contributed by atoms with Crippen molar-refractivity contribution in [2.24, 2.45) is 0 Å². The van der Waals surface area contributed by atoms with Crippen LogP contribution in [0.2, 0.25) is 0 Å². The Kier molecular flexibility index (Phi) is 5.95. The molecule has 0 amide bonds. The highest BCUT2D eigenvalue weighted by Gasteiger charge is 2.15. The van der Waals surface area contributed by atoms with E-state index in [1.807, 2.05) is 42.5 Å². The lowest BCUT2D eigenvalue weighted by molar-refractivity contribution is 0.294. The van der Waals surface area contributed by atoms with Gasteiger partial charge >= 0.3 is 0 Å². The summed E-state index contributed by atoms with van der Waals surface area (Å²) in [6.07, 6.45) is 2.54. The van der Waals surface area contributed by atoms with Gasteiger partial charge in [0.2, 0.25) is 5.95 Å². The van der Waals surface area contributed by atoms with Crippen LogP contribution >= 0.6 is 0 Å². The van der Waals surface area contributed by atoms with Crippen molar-refractivity contribution < 1.29 is 9.47 Å². The van der Waals surface area contributed by atoms with E-state index in [1.54, 1.807) is 19.2 Å². The number of hydrogen-bond donors (Lipinski definition) is 2. The smallest absolute Gasteiger partial charge is 0.222 e. The fourth-order valence-corrected chi connectivity index (χ4v) is 2.98. The van der Waals surface area contributed by atoms with Crippen LogP contribution in [0.1, 0.15) is 16.7 Å². The maximum atomic E-state index is 9.45. The first-order valence-corrected chi connectivity index (χ1v) is 8.89. The normalized spacial score (nSPS) is 10.2. The van der Waals surface area contributed by atoms with Gasteiger partial charge in [-0.1, -0.05) is 24.3 Å². The molecule has 0 fully saturated rings. The zero-order chi connectivity index (χ0) is 20.8. The number of allylic oxidation sites excluding steroid dienone is 1. The Morgan fingerprint density at radius 3 is 2.62 bits per heavy atom. The number of anilines is 2. The maximum absolute atomic E-state index is 9.45. The molecular formula is C22H21N5O2. The number of nitrogens with two attached hydrogens (primary N) is 2. The van der Waals surface area contributed by atoms with E-state index in [-0.39, 0.29) is 23.9 Å². The molecule has 0 aliphatic heterocycles. The van der Waals surface area contributed by atoms with Gasteiger partial charge in [0.05, 0.1) is 12.8 Å². The summed E-state index contributed by atoms with van der Waals surface area (Å²) in [6, 6.07) is 15.2. The van der Waals surface area contributed by atoms with Crippen LogP contribution in [0.4, 0.5) is 11.8 Å². The zero-order valence-electron chi connectivity index (χ0n) is 16.1. The van der Waals surface area contributed by atoms with Crippen molar-refractivity contribution in [1.82, 2.24) is 9.97 Å². The molecule has 0 atom stereocenters. The molecule has 1 aromatic heterocycles. The lowest BCUT2D eigenvalue weighted by atomic mass is 10.0. The van der Waals surface area contributed by atoms with Crippen LogP contribution in [-0.2, 0) is 13.0 Å². The number of nitrogens with zero attached hydrogens (tertiary/aromatic N) is 3. The maximum Gasteiger partial charge on any atom is 0.222 e. The zero-order valence-corrected chi connectivity index (χ0v) is 16.1. The summed E-state index contributed by atoms with van der Waals surface area (Å²) in [5, 5.41) is 9.45. The first-order chi connectivity index (χ1) is 14.1. The number of rotatable bonds is 7. The largest absolute Gasteiger partial charge is 0.496 e. The van der Waals surface area contributed by atoms with Crippen LogP contribution in [0.3, 0.4) is 0 Å². The van der Waals surface area contributed by atoms with E-state index in [0.29, 0.717) is 23.4 Å². The van der Waals surface area contributed by atoms with E-state index >= 15 is 0 Å². The minimum Gasteiger partial charge on any atom is -0.496 e. The molecule has 7 nitrogen and oxygen atoms in total. The van der Waals surface area contributed by atoms with E-state index < -0.39 is 0 Å². The molecule has 0 bridgehead atoms. The summed E-state index contributed by atoms with van der Waals surface area (Å²) >= 11 is 0. The van der Waals surface area contributed by atoms with Crippen LogP contribution in [-0.4, -0.2) is 17.1 Å². The van der Waals surface area contributed by atoms with Crippen LogP contribution in [0.25, 0.3) is 11.3 Å². The summed E-state index contributed by atoms with van der Waals surface area (Å²) < 4.78 is 11.5. The van der Waals surface area contributed by atoms with Crippen molar-refractivity contribution in [3.63, 3.8) is 0 Å². The summed E-state index contributed by atoms with van der Waals surface area (Å²) in [5.74, 6) is 1.47. The van der Waals surface area contributed by atoms with Crippen molar-refractivity contribution in [2.45, 2.75) is 13.0 Å². The third-order valence-electron chi connectivity index (χ3n) is 4.34. The Morgan fingerprint density at radius 1 is 1.10 bits per heavy atom. The number of nitrogen functional groups attached to an aromatic ring is 2. The fourth-order valence-electron chi connectivity index (χ4n) is 2.98. The van der Waals surface area contributed by atoms with Crippen LogP contribution < -0.4 is 20.9 Å². The van der Waals surface area contributed by atoms with Crippen molar-refractivity contribution in [2.75, 3.05) is 18.6 Å². The molecule has 0 spiro atoms. The van der Waals surface area contributed by atoms with Gasteiger partial charge < -0.3 is 20.9 Å². The van der Waals surface area contributed by atoms with Gasteiger partial charge in [-0.25, -0.2) is 4.98 Å². The predicted octanol–water partition coefficient (Wildman–Crippen LogP) is 3.50. The highest BCUT2D eigenvalue weighted by molar-refractivity contribution is 5.74. The average Bonchev–Trinajstić information content (AvgIpc) is 2.72. The molecule has 4 N–H and O–H groups in total. The van der Waals surface area contributed by atoms with Crippen LogP contribution in [0.5, 0.6) is 11.5 Å². The quantitative estimate of drug-likeness (QED) is 0.595. The minimum absolute atomic E-state index is 0.00321. The first-order valence-electron chi connectivity index (χ1n) is 8.89. The Labute approximate surface area is 169 Å². The van der Waals surface area contributed by atoms with Gasteiger partial charge in [-0.3, -0.25) is 0 Å². The van der Waals surface area contributed by atoms with Gasteiger partial charge in [-0.2, -0.15) is 10.2 Å². The van der Waals surface area contributed by atoms with Crippen LogP contribution in [0, 0.1) is 11.3 Å². The number of benzene rings is 2. The lowest BCUT2D eigenvalue weighted by Gasteiger charge is -2.14. The van der Waals surface area contributed by atoms with Crippen LogP contribution in [0.15, 0.2) is 55.1 Å². The molecule has 0 radical (unpaired) electrons. The third kappa shape index (κ3) is 4.28. The molecule has 7 heteroatoms. The molecule has 29 heavy (non-hydrogen) atoms. The summed E-state index contributed by atoms with van der Waals surface area (Å²) in [7, 11) is 1.59. The molecule has 3 rings (SSSR count). The molecule has 1 heterocycles. The van der Waals surface area contributed by atoms with Gasteiger partial charge in [0.15, 0.2) is 0 Å². The van der Waals surface area contributed by atoms with E-state index in [9.17, 15) is 5.26 Å². The average molecular weight is 387 g/mol. The Balaban J connectivity index is 1.97. The summed E-state index contributed by atoms with van der Waals surface area (Å²) in [5.41, 5.74) is 14.6. The number of para-hydroxylation sites is 1. The van der Waals surface area contributed by atoms with Gasteiger partial charge in [0.1, 0.15) is 35.6 Å². The molecule has 0 aliphatic carbocycles. The minimum atomic E-state index is 0.00321. The second kappa shape index (κ2) is 8.76. The number of ether oxygens (including phenoxy) is 2. The molecule has 2 aromatic carbocycles. The highest BCUT2D eigenvalue weighted by atomic mass is 16.5. The molecule has 0 saturated heterocycles. The van der Waals surface area contributed by atoms with Gasteiger partial charge in [-0.05, 0) is 36.2 Å². The van der Waals surface area contributed by atoms with E-state index in [2.05, 4.69) is 16.5 Å². The molecule has 3 aromatic rings. The topological polar surface area (TPSA) is 120 Å².